The van der Waals surface area contributed by atoms with Gasteiger partial charge in [0.1, 0.15) is 0 Å². The van der Waals surface area contributed by atoms with Crippen molar-refractivity contribution >= 4 is 11.8 Å². The van der Waals surface area contributed by atoms with Crippen LogP contribution in [0.25, 0.3) is 0 Å². The van der Waals surface area contributed by atoms with Gasteiger partial charge < -0.3 is 0 Å². The largest absolute Gasteiger partial charge is 0.278 e. The van der Waals surface area contributed by atoms with Crippen LogP contribution in [-0.4, -0.2) is 23.3 Å². The fourth-order valence-electron chi connectivity index (χ4n) is 1.39. The lowest BCUT2D eigenvalue weighted by atomic mass is 10.1. The first-order valence-electron chi connectivity index (χ1n) is 5.66. The highest BCUT2D eigenvalue weighted by atomic mass is 16.2. The summed E-state index contributed by atoms with van der Waals surface area (Å²) in [5, 5.41) is 0. The maximum absolute atomic E-state index is 11.4. The topological polar surface area (TPSA) is 37.4 Å². The summed E-state index contributed by atoms with van der Waals surface area (Å²) < 4.78 is 0. The maximum Gasteiger partial charge on any atom is 0.232 e. The quantitative estimate of drug-likeness (QED) is 0.531. The molecule has 1 heterocycles. The van der Waals surface area contributed by atoms with Crippen LogP contribution in [0.3, 0.4) is 0 Å². The average Bonchev–Trinajstić information content (AvgIpc) is 2.48. The van der Waals surface area contributed by atoms with E-state index >= 15 is 0 Å². The molecule has 1 atom stereocenters. The molecule has 1 saturated heterocycles. The van der Waals surface area contributed by atoms with E-state index in [2.05, 4.69) is 0 Å². The molecule has 86 valence electrons. The highest BCUT2D eigenvalue weighted by Crippen LogP contribution is 2.18. The summed E-state index contributed by atoms with van der Waals surface area (Å²) in [6.07, 6.45) is 5.14. The van der Waals surface area contributed by atoms with Crippen molar-refractivity contribution in [2.24, 2.45) is 5.92 Å². The first-order valence-corrected chi connectivity index (χ1v) is 5.66. The van der Waals surface area contributed by atoms with Gasteiger partial charge in [-0.2, -0.15) is 0 Å². The first-order chi connectivity index (χ1) is 7.16. The molecule has 1 fully saturated rings. The van der Waals surface area contributed by atoms with Gasteiger partial charge in [-0.05, 0) is 6.42 Å². The number of carbonyl (C=O) groups is 2. The Morgan fingerprint density at radius 2 is 1.93 bits per heavy atom. The van der Waals surface area contributed by atoms with Crippen LogP contribution in [0.15, 0.2) is 12.2 Å². The monoisotopic (exact) mass is 211 g/mol. The van der Waals surface area contributed by atoms with Gasteiger partial charge in [-0.25, -0.2) is 0 Å². The van der Waals surface area contributed by atoms with Gasteiger partial charge in [0, 0.05) is 18.9 Å². The molecule has 0 aromatic carbocycles. The molecule has 0 N–H and O–H groups in total. The second-order valence-electron chi connectivity index (χ2n) is 3.33. The zero-order chi connectivity index (χ0) is 11.8. The van der Waals surface area contributed by atoms with Gasteiger partial charge in [0.15, 0.2) is 0 Å². The molecule has 2 amide bonds. The van der Waals surface area contributed by atoms with E-state index in [1.165, 1.54) is 4.90 Å². The van der Waals surface area contributed by atoms with Gasteiger partial charge in [0.2, 0.25) is 11.8 Å². The molecule has 1 aliphatic heterocycles. The Morgan fingerprint density at radius 3 is 2.33 bits per heavy atom. The van der Waals surface area contributed by atoms with Crippen LogP contribution in [-0.2, 0) is 9.59 Å². The zero-order valence-corrected chi connectivity index (χ0v) is 10.1. The van der Waals surface area contributed by atoms with E-state index in [0.717, 1.165) is 6.42 Å². The van der Waals surface area contributed by atoms with Crippen molar-refractivity contribution in [1.82, 2.24) is 4.90 Å². The van der Waals surface area contributed by atoms with Crippen LogP contribution in [0.2, 0.25) is 0 Å². The number of carbonyl (C=O) groups excluding carboxylic acids is 2. The second-order valence-corrected chi connectivity index (χ2v) is 3.33. The molecule has 3 nitrogen and oxygen atoms in total. The molecule has 0 aromatic rings. The normalized spacial score (nSPS) is 20.8. The van der Waals surface area contributed by atoms with Crippen LogP contribution in [0.4, 0.5) is 0 Å². The van der Waals surface area contributed by atoms with E-state index in [4.69, 9.17) is 0 Å². The molecule has 0 bridgehead atoms. The summed E-state index contributed by atoms with van der Waals surface area (Å²) in [7, 11) is 0. The molecule has 0 aromatic heterocycles. The predicted molar refractivity (Wildman–Crippen MR) is 61.3 cm³/mol. The van der Waals surface area contributed by atoms with Crippen molar-refractivity contribution in [3.63, 3.8) is 0 Å². The van der Waals surface area contributed by atoms with Crippen LogP contribution >= 0.6 is 0 Å². The Kier molecular flexibility index (Phi) is 6.67. The number of likely N-dealkylation sites (tertiary alicyclic amines) is 1. The highest BCUT2D eigenvalue weighted by molar-refractivity contribution is 6.03. The summed E-state index contributed by atoms with van der Waals surface area (Å²) in [5.74, 6) is -0.202. The highest BCUT2D eigenvalue weighted by Gasteiger charge is 2.34. The minimum Gasteiger partial charge on any atom is -0.278 e. The molecule has 0 radical (unpaired) electrons. The van der Waals surface area contributed by atoms with E-state index in [9.17, 15) is 9.59 Å². The van der Waals surface area contributed by atoms with E-state index < -0.39 is 0 Å². The van der Waals surface area contributed by atoms with E-state index in [1.54, 1.807) is 6.92 Å². The second kappa shape index (κ2) is 7.21. The minimum absolute atomic E-state index is 0.0363. The van der Waals surface area contributed by atoms with E-state index in [1.807, 2.05) is 32.9 Å². The lowest BCUT2D eigenvalue weighted by molar-refractivity contribution is -0.138. The van der Waals surface area contributed by atoms with Crippen LogP contribution in [0, 0.1) is 5.92 Å². The fourth-order valence-corrected chi connectivity index (χ4v) is 1.39. The Hall–Kier alpha value is -1.12. The van der Waals surface area contributed by atoms with Crippen molar-refractivity contribution in [3.05, 3.63) is 12.2 Å². The van der Waals surface area contributed by atoms with Crippen molar-refractivity contribution < 1.29 is 9.59 Å². The smallest absolute Gasteiger partial charge is 0.232 e. The summed E-state index contributed by atoms with van der Waals surface area (Å²) in [4.78, 5) is 24.0. The van der Waals surface area contributed by atoms with Gasteiger partial charge in [-0.3, -0.25) is 14.5 Å². The van der Waals surface area contributed by atoms with Crippen LogP contribution < -0.4 is 0 Å². The van der Waals surface area contributed by atoms with Gasteiger partial charge in [0.25, 0.3) is 0 Å². The molecule has 0 aliphatic carbocycles. The lowest BCUT2D eigenvalue weighted by Gasteiger charge is -2.10. The van der Waals surface area contributed by atoms with Gasteiger partial charge in [0.05, 0.1) is 0 Å². The third-order valence-corrected chi connectivity index (χ3v) is 2.16. The summed E-state index contributed by atoms with van der Waals surface area (Å²) in [6, 6.07) is 0. The fraction of sp³-hybridized carbons (Fsp3) is 0.667. The molecule has 0 saturated carbocycles. The van der Waals surface area contributed by atoms with Gasteiger partial charge in [-0.1, -0.05) is 39.8 Å². The van der Waals surface area contributed by atoms with Gasteiger partial charge in [-0.15, -0.1) is 0 Å². The minimum atomic E-state index is -0.123. The average molecular weight is 211 g/mol. The number of rotatable bonds is 3. The number of amides is 2. The number of imide groups is 1. The third kappa shape index (κ3) is 3.86. The standard InChI is InChI=1S/C10H15NO2.C2H6/c1-3-4-5-6-11-9(12)7-8(2)10(11)13;1-2/h4-5,8H,3,6-7H2,1-2H3;1-2H3/b5-4-;. The van der Waals surface area contributed by atoms with Crippen molar-refractivity contribution in [2.75, 3.05) is 6.54 Å². The van der Waals surface area contributed by atoms with Gasteiger partial charge >= 0.3 is 0 Å². The SMILES string of the molecule is CC.CC/C=C\CN1C(=O)CC(C)C1=O. The molecule has 3 heteroatoms. The Bertz CT molecular complexity index is 246. The molecule has 1 rings (SSSR count). The number of nitrogens with zero attached hydrogens (tertiary/aromatic N) is 1. The molecular formula is C12H21NO2. The van der Waals surface area contributed by atoms with E-state index in [-0.39, 0.29) is 17.7 Å². The van der Waals surface area contributed by atoms with Crippen molar-refractivity contribution in [1.29, 1.82) is 0 Å². The van der Waals surface area contributed by atoms with Crippen molar-refractivity contribution in [3.8, 4) is 0 Å². The summed E-state index contributed by atoms with van der Waals surface area (Å²) in [6.45, 7) is 8.26. The van der Waals surface area contributed by atoms with Crippen LogP contribution in [0.1, 0.15) is 40.5 Å². The summed E-state index contributed by atoms with van der Waals surface area (Å²) >= 11 is 0. The summed E-state index contributed by atoms with van der Waals surface area (Å²) in [5.41, 5.74) is 0. The third-order valence-electron chi connectivity index (χ3n) is 2.16. The lowest BCUT2D eigenvalue weighted by Crippen LogP contribution is -2.30. The zero-order valence-electron chi connectivity index (χ0n) is 10.1. The van der Waals surface area contributed by atoms with E-state index in [0.29, 0.717) is 13.0 Å². The molecule has 1 aliphatic rings. The molecular weight excluding hydrogens is 190 g/mol. The Labute approximate surface area is 92.1 Å². The Morgan fingerprint density at radius 1 is 1.33 bits per heavy atom. The maximum atomic E-state index is 11.4. The Balaban J connectivity index is 0.000000921. The number of hydrogen-bond acceptors (Lipinski definition) is 2. The molecule has 0 spiro atoms. The number of hydrogen-bond donors (Lipinski definition) is 0. The number of allylic oxidation sites excluding steroid dienone is 1. The molecule has 1 unspecified atom stereocenters. The molecule has 15 heavy (non-hydrogen) atoms. The van der Waals surface area contributed by atoms with Crippen molar-refractivity contribution in [2.45, 2.75) is 40.5 Å². The van der Waals surface area contributed by atoms with Crippen LogP contribution in [0.5, 0.6) is 0 Å². The predicted octanol–water partition coefficient (Wildman–Crippen LogP) is 2.37. The first kappa shape index (κ1) is 13.9.